The van der Waals surface area contributed by atoms with E-state index in [1.54, 1.807) is 22.7 Å². The number of thiazole rings is 1. The standard InChI is InChI=1S/C22H23N3S2/c1-15-12-20(17(3)25(15)13-19-10-7-11-26-19)21-14-27-22(24-21)23-16(2)18-8-5-4-6-9-18/h4-12,14,16H,13H2,1-3H3,(H,23,24)/t16-/m0/s1. The van der Waals surface area contributed by atoms with Crippen molar-refractivity contribution in [1.82, 2.24) is 9.55 Å². The average molecular weight is 394 g/mol. The minimum Gasteiger partial charge on any atom is -0.355 e. The van der Waals surface area contributed by atoms with Crippen LogP contribution in [0.15, 0.2) is 59.3 Å². The maximum absolute atomic E-state index is 4.85. The molecule has 3 nitrogen and oxygen atoms in total. The van der Waals surface area contributed by atoms with E-state index in [1.165, 1.54) is 27.4 Å². The molecule has 1 N–H and O–H groups in total. The number of aromatic nitrogens is 2. The van der Waals surface area contributed by atoms with Gasteiger partial charge in [0.05, 0.1) is 18.3 Å². The summed E-state index contributed by atoms with van der Waals surface area (Å²) >= 11 is 3.47. The SMILES string of the molecule is Cc1cc(-c2csc(N[C@@H](C)c3ccccc3)n2)c(C)n1Cc1cccs1. The molecule has 1 aromatic carbocycles. The highest BCUT2D eigenvalue weighted by Crippen LogP contribution is 2.32. The largest absolute Gasteiger partial charge is 0.355 e. The Balaban J connectivity index is 1.55. The third kappa shape index (κ3) is 3.84. The zero-order valence-electron chi connectivity index (χ0n) is 15.8. The molecule has 0 amide bonds. The number of nitrogens with zero attached hydrogens (tertiary/aromatic N) is 2. The van der Waals surface area contributed by atoms with Crippen molar-refractivity contribution in [2.24, 2.45) is 0 Å². The summed E-state index contributed by atoms with van der Waals surface area (Å²) in [5, 5.41) is 8.78. The molecule has 5 heteroatoms. The van der Waals surface area contributed by atoms with Gasteiger partial charge in [0.25, 0.3) is 0 Å². The normalized spacial score (nSPS) is 12.3. The molecule has 0 fully saturated rings. The molecule has 0 aliphatic heterocycles. The van der Waals surface area contributed by atoms with Gasteiger partial charge in [0, 0.05) is 27.2 Å². The highest BCUT2D eigenvalue weighted by Gasteiger charge is 2.15. The molecule has 3 heterocycles. The van der Waals surface area contributed by atoms with Crippen molar-refractivity contribution in [3.63, 3.8) is 0 Å². The topological polar surface area (TPSA) is 29.9 Å². The van der Waals surface area contributed by atoms with Crippen molar-refractivity contribution in [3.05, 3.63) is 81.1 Å². The Bertz CT molecular complexity index is 1010. The van der Waals surface area contributed by atoms with Crippen LogP contribution in [0.2, 0.25) is 0 Å². The highest BCUT2D eigenvalue weighted by molar-refractivity contribution is 7.14. The van der Waals surface area contributed by atoms with Gasteiger partial charge in [-0.2, -0.15) is 0 Å². The van der Waals surface area contributed by atoms with Gasteiger partial charge in [0.2, 0.25) is 0 Å². The smallest absolute Gasteiger partial charge is 0.183 e. The van der Waals surface area contributed by atoms with Gasteiger partial charge < -0.3 is 9.88 Å². The Morgan fingerprint density at radius 2 is 1.89 bits per heavy atom. The molecule has 3 aromatic heterocycles. The van der Waals surface area contributed by atoms with E-state index in [1.807, 2.05) is 6.07 Å². The summed E-state index contributed by atoms with van der Waals surface area (Å²) in [5.74, 6) is 0. The number of hydrogen-bond donors (Lipinski definition) is 1. The molecule has 138 valence electrons. The Kier molecular flexibility index (Phi) is 5.14. The maximum atomic E-state index is 4.85. The Hall–Kier alpha value is -2.37. The van der Waals surface area contributed by atoms with E-state index in [2.05, 4.69) is 83.9 Å². The lowest BCUT2D eigenvalue weighted by molar-refractivity contribution is 0.760. The van der Waals surface area contributed by atoms with Gasteiger partial charge in [0.15, 0.2) is 5.13 Å². The monoisotopic (exact) mass is 393 g/mol. The number of rotatable bonds is 6. The van der Waals surface area contributed by atoms with E-state index < -0.39 is 0 Å². The maximum Gasteiger partial charge on any atom is 0.183 e. The van der Waals surface area contributed by atoms with Crippen molar-refractivity contribution in [1.29, 1.82) is 0 Å². The van der Waals surface area contributed by atoms with Crippen LogP contribution in [0, 0.1) is 13.8 Å². The first-order valence-corrected chi connectivity index (χ1v) is 10.8. The molecular formula is C22H23N3S2. The van der Waals surface area contributed by atoms with Crippen molar-refractivity contribution < 1.29 is 0 Å². The van der Waals surface area contributed by atoms with Crippen LogP contribution in [0.5, 0.6) is 0 Å². The minimum atomic E-state index is 0.233. The van der Waals surface area contributed by atoms with E-state index in [-0.39, 0.29) is 6.04 Å². The van der Waals surface area contributed by atoms with Crippen LogP contribution < -0.4 is 5.32 Å². The van der Waals surface area contributed by atoms with E-state index in [0.717, 1.165) is 17.4 Å². The lowest BCUT2D eigenvalue weighted by atomic mass is 10.1. The summed E-state index contributed by atoms with van der Waals surface area (Å²) in [4.78, 5) is 6.23. The zero-order chi connectivity index (χ0) is 18.8. The Morgan fingerprint density at radius 1 is 1.07 bits per heavy atom. The number of hydrogen-bond acceptors (Lipinski definition) is 4. The third-order valence-corrected chi connectivity index (χ3v) is 6.52. The van der Waals surface area contributed by atoms with Crippen LogP contribution in [0.4, 0.5) is 5.13 Å². The van der Waals surface area contributed by atoms with Crippen LogP contribution >= 0.6 is 22.7 Å². The van der Waals surface area contributed by atoms with Gasteiger partial charge in [0.1, 0.15) is 0 Å². The van der Waals surface area contributed by atoms with Crippen LogP contribution in [-0.2, 0) is 6.54 Å². The molecule has 0 spiro atoms. The second-order valence-electron chi connectivity index (χ2n) is 6.76. The van der Waals surface area contributed by atoms with Gasteiger partial charge >= 0.3 is 0 Å². The first kappa shape index (κ1) is 18.0. The Labute approximate surface area is 168 Å². The molecule has 27 heavy (non-hydrogen) atoms. The number of anilines is 1. The summed E-state index contributed by atoms with van der Waals surface area (Å²) in [6, 6.07) is 17.3. The molecule has 4 aromatic rings. The van der Waals surface area contributed by atoms with Crippen LogP contribution in [0.25, 0.3) is 11.3 Å². The van der Waals surface area contributed by atoms with E-state index in [4.69, 9.17) is 4.98 Å². The van der Waals surface area contributed by atoms with Crippen LogP contribution in [-0.4, -0.2) is 9.55 Å². The summed E-state index contributed by atoms with van der Waals surface area (Å²) in [5.41, 5.74) is 6.09. The van der Waals surface area contributed by atoms with Gasteiger partial charge in [-0.3, -0.25) is 0 Å². The molecule has 0 bridgehead atoms. The lowest BCUT2D eigenvalue weighted by Gasteiger charge is -2.12. The zero-order valence-corrected chi connectivity index (χ0v) is 17.4. The molecule has 0 saturated carbocycles. The van der Waals surface area contributed by atoms with E-state index in [9.17, 15) is 0 Å². The predicted octanol–water partition coefficient (Wildman–Crippen LogP) is 6.51. The number of benzene rings is 1. The molecule has 0 aliphatic rings. The summed E-state index contributed by atoms with van der Waals surface area (Å²) in [7, 11) is 0. The first-order valence-electron chi connectivity index (χ1n) is 9.08. The molecule has 0 aliphatic carbocycles. The van der Waals surface area contributed by atoms with Crippen LogP contribution in [0.1, 0.15) is 34.8 Å². The number of thiophene rings is 1. The van der Waals surface area contributed by atoms with E-state index >= 15 is 0 Å². The number of aryl methyl sites for hydroxylation is 1. The fourth-order valence-electron chi connectivity index (χ4n) is 3.34. The second-order valence-corrected chi connectivity index (χ2v) is 8.66. The van der Waals surface area contributed by atoms with Crippen molar-refractivity contribution in [2.45, 2.75) is 33.4 Å². The van der Waals surface area contributed by atoms with Gasteiger partial charge in [-0.25, -0.2) is 4.98 Å². The predicted molar refractivity (Wildman–Crippen MR) is 117 cm³/mol. The van der Waals surface area contributed by atoms with Gasteiger partial charge in [-0.05, 0) is 43.8 Å². The first-order chi connectivity index (χ1) is 13.1. The van der Waals surface area contributed by atoms with Crippen molar-refractivity contribution in [2.75, 3.05) is 5.32 Å². The molecule has 1 atom stereocenters. The van der Waals surface area contributed by atoms with Crippen LogP contribution in [0.3, 0.4) is 0 Å². The van der Waals surface area contributed by atoms with Gasteiger partial charge in [-0.1, -0.05) is 36.4 Å². The summed E-state index contributed by atoms with van der Waals surface area (Å²) in [6.45, 7) is 7.46. The fraction of sp³-hybridized carbons (Fsp3) is 0.227. The molecule has 0 unspecified atom stereocenters. The lowest BCUT2D eigenvalue weighted by Crippen LogP contribution is -2.06. The summed E-state index contributed by atoms with van der Waals surface area (Å²) in [6.07, 6.45) is 0. The van der Waals surface area contributed by atoms with Crippen molar-refractivity contribution in [3.8, 4) is 11.3 Å². The Morgan fingerprint density at radius 3 is 2.63 bits per heavy atom. The average Bonchev–Trinajstić information content (AvgIpc) is 3.41. The van der Waals surface area contributed by atoms with E-state index in [0.29, 0.717) is 0 Å². The molecule has 0 radical (unpaired) electrons. The molecule has 4 rings (SSSR count). The molecule has 0 saturated heterocycles. The highest BCUT2D eigenvalue weighted by atomic mass is 32.1. The quantitative estimate of drug-likeness (QED) is 0.404. The third-order valence-electron chi connectivity index (χ3n) is 4.89. The summed E-state index contributed by atoms with van der Waals surface area (Å²) < 4.78 is 2.38. The minimum absolute atomic E-state index is 0.233. The fourth-order valence-corrected chi connectivity index (χ4v) is 4.83. The molecular weight excluding hydrogens is 370 g/mol. The second kappa shape index (κ2) is 7.71. The van der Waals surface area contributed by atoms with Gasteiger partial charge in [-0.15, -0.1) is 22.7 Å². The number of nitrogens with one attached hydrogen (secondary N) is 1. The van der Waals surface area contributed by atoms with Crippen molar-refractivity contribution >= 4 is 27.8 Å².